The van der Waals surface area contributed by atoms with Gasteiger partial charge in [0.05, 0.1) is 0 Å². The smallest absolute Gasteiger partial charge is 0.323 e. The van der Waals surface area contributed by atoms with Crippen LogP contribution in [0.4, 0.5) is 0 Å². The number of nitrogens with zero attached hydrogens (tertiary/aromatic N) is 2. The number of carbonyl (C=O) groups excluding carboxylic acids is 2. The highest BCUT2D eigenvalue weighted by molar-refractivity contribution is 5.83. The molecule has 0 aromatic heterocycles. The van der Waals surface area contributed by atoms with E-state index in [0.717, 1.165) is 0 Å². The van der Waals surface area contributed by atoms with E-state index in [1.807, 2.05) is 25.1 Å². The van der Waals surface area contributed by atoms with E-state index in [1.54, 1.807) is 17.0 Å². The summed E-state index contributed by atoms with van der Waals surface area (Å²) in [5.41, 5.74) is 0. The van der Waals surface area contributed by atoms with Gasteiger partial charge in [-0.25, -0.2) is 0 Å². The first-order chi connectivity index (χ1) is 12.5. The Balaban J connectivity index is 1.80. The predicted octanol–water partition coefficient (Wildman–Crippen LogP) is 1.63. The first kappa shape index (κ1) is 19.8. The minimum Gasteiger partial charge on any atom is -0.484 e. The number of hydrogen-bond acceptors (Lipinski definition) is 4. The van der Waals surface area contributed by atoms with E-state index in [2.05, 4.69) is 0 Å². The number of likely N-dealkylation sites (tertiary alicyclic amines) is 1. The lowest BCUT2D eigenvalue weighted by Gasteiger charge is -2.33. The minimum absolute atomic E-state index is 0.0242. The van der Waals surface area contributed by atoms with Gasteiger partial charge in [-0.1, -0.05) is 25.1 Å². The molecule has 0 saturated carbocycles. The first-order valence-electron chi connectivity index (χ1n) is 8.97. The molecule has 142 valence electrons. The van der Waals surface area contributed by atoms with Crippen LogP contribution in [-0.4, -0.2) is 65.5 Å². The largest absolute Gasteiger partial charge is 0.484 e. The molecule has 1 aromatic rings. The summed E-state index contributed by atoms with van der Waals surface area (Å²) in [6.45, 7) is 3.03. The Morgan fingerprint density at radius 1 is 1.19 bits per heavy atom. The van der Waals surface area contributed by atoms with Crippen molar-refractivity contribution in [2.75, 3.05) is 32.8 Å². The van der Waals surface area contributed by atoms with Gasteiger partial charge in [0.2, 0.25) is 5.91 Å². The summed E-state index contributed by atoms with van der Waals surface area (Å²) in [4.78, 5) is 38.9. The zero-order valence-corrected chi connectivity index (χ0v) is 15.1. The highest BCUT2D eigenvalue weighted by Gasteiger charge is 2.30. The molecule has 0 spiro atoms. The van der Waals surface area contributed by atoms with Crippen LogP contribution in [0.1, 0.15) is 26.2 Å². The molecule has 0 atom stereocenters. The highest BCUT2D eigenvalue weighted by atomic mass is 16.5. The lowest BCUT2D eigenvalue weighted by Crippen LogP contribution is -2.46. The van der Waals surface area contributed by atoms with E-state index in [0.29, 0.717) is 44.6 Å². The van der Waals surface area contributed by atoms with E-state index in [-0.39, 0.29) is 30.9 Å². The molecular weight excluding hydrogens is 336 g/mol. The van der Waals surface area contributed by atoms with Gasteiger partial charge in [-0.2, -0.15) is 0 Å². The Morgan fingerprint density at radius 2 is 1.85 bits per heavy atom. The molecule has 2 amide bonds. The van der Waals surface area contributed by atoms with Crippen LogP contribution in [0.5, 0.6) is 5.75 Å². The summed E-state index contributed by atoms with van der Waals surface area (Å²) < 4.78 is 5.48. The van der Waals surface area contributed by atoms with Gasteiger partial charge in [0.15, 0.2) is 6.61 Å². The first-order valence-corrected chi connectivity index (χ1v) is 8.97. The third-order valence-electron chi connectivity index (χ3n) is 4.43. The second kappa shape index (κ2) is 9.79. The number of piperidine rings is 1. The second-order valence-corrected chi connectivity index (χ2v) is 6.41. The number of rotatable bonds is 8. The van der Waals surface area contributed by atoms with Gasteiger partial charge in [0, 0.05) is 25.6 Å². The van der Waals surface area contributed by atoms with Crippen molar-refractivity contribution in [3.05, 3.63) is 30.3 Å². The van der Waals surface area contributed by atoms with Gasteiger partial charge in [-0.05, 0) is 31.4 Å². The number of para-hydroxylation sites is 1. The SMILES string of the molecule is CCCN(CC(=O)O)C(=O)C1CCN(C(=O)COc2ccccc2)CC1. The normalized spacial score (nSPS) is 14.7. The fourth-order valence-electron chi connectivity index (χ4n) is 3.09. The molecule has 1 saturated heterocycles. The molecule has 1 heterocycles. The van der Waals surface area contributed by atoms with Crippen LogP contribution in [0, 0.1) is 5.92 Å². The molecule has 26 heavy (non-hydrogen) atoms. The predicted molar refractivity (Wildman–Crippen MR) is 95.7 cm³/mol. The average molecular weight is 362 g/mol. The van der Waals surface area contributed by atoms with Crippen LogP contribution in [0.3, 0.4) is 0 Å². The molecule has 1 aliphatic rings. The highest BCUT2D eigenvalue weighted by Crippen LogP contribution is 2.20. The van der Waals surface area contributed by atoms with Crippen LogP contribution in [0.25, 0.3) is 0 Å². The van der Waals surface area contributed by atoms with E-state index in [4.69, 9.17) is 9.84 Å². The molecule has 0 radical (unpaired) electrons. The fourth-order valence-corrected chi connectivity index (χ4v) is 3.09. The van der Waals surface area contributed by atoms with Gasteiger partial charge in [0.1, 0.15) is 12.3 Å². The average Bonchev–Trinajstić information content (AvgIpc) is 2.66. The van der Waals surface area contributed by atoms with Crippen molar-refractivity contribution < 1.29 is 24.2 Å². The van der Waals surface area contributed by atoms with E-state index in [9.17, 15) is 14.4 Å². The van der Waals surface area contributed by atoms with Crippen molar-refractivity contribution in [1.29, 1.82) is 0 Å². The Hall–Kier alpha value is -2.57. The molecular formula is C19H26N2O5. The van der Waals surface area contributed by atoms with Crippen molar-refractivity contribution in [1.82, 2.24) is 9.80 Å². The van der Waals surface area contributed by atoms with Crippen molar-refractivity contribution in [2.45, 2.75) is 26.2 Å². The van der Waals surface area contributed by atoms with Crippen LogP contribution < -0.4 is 4.74 Å². The van der Waals surface area contributed by atoms with Crippen LogP contribution in [-0.2, 0) is 14.4 Å². The van der Waals surface area contributed by atoms with Crippen LogP contribution >= 0.6 is 0 Å². The van der Waals surface area contributed by atoms with Crippen molar-refractivity contribution in [2.24, 2.45) is 5.92 Å². The maximum absolute atomic E-state index is 12.5. The summed E-state index contributed by atoms with van der Waals surface area (Å²) in [5, 5.41) is 8.96. The lowest BCUT2D eigenvalue weighted by molar-refractivity contribution is -0.147. The number of hydrogen-bond donors (Lipinski definition) is 1. The Morgan fingerprint density at radius 3 is 2.42 bits per heavy atom. The van der Waals surface area contributed by atoms with Crippen molar-refractivity contribution in [3.8, 4) is 5.75 Å². The minimum atomic E-state index is -1.00. The van der Waals surface area contributed by atoms with Gasteiger partial charge in [0.25, 0.3) is 5.91 Å². The monoisotopic (exact) mass is 362 g/mol. The molecule has 1 fully saturated rings. The summed E-state index contributed by atoms with van der Waals surface area (Å²) in [5.74, 6) is -0.801. The molecule has 2 rings (SSSR count). The summed E-state index contributed by atoms with van der Waals surface area (Å²) >= 11 is 0. The molecule has 0 bridgehead atoms. The molecule has 0 unspecified atom stereocenters. The molecule has 1 aliphatic heterocycles. The van der Waals surface area contributed by atoms with Crippen molar-refractivity contribution in [3.63, 3.8) is 0 Å². The van der Waals surface area contributed by atoms with E-state index < -0.39 is 5.97 Å². The lowest BCUT2D eigenvalue weighted by atomic mass is 9.95. The molecule has 7 heteroatoms. The fraction of sp³-hybridized carbons (Fsp3) is 0.526. The van der Waals surface area contributed by atoms with E-state index >= 15 is 0 Å². The number of benzene rings is 1. The Kier molecular flexibility index (Phi) is 7.44. The number of ether oxygens (including phenoxy) is 1. The summed E-state index contributed by atoms with van der Waals surface area (Å²) in [7, 11) is 0. The van der Waals surface area contributed by atoms with Gasteiger partial charge < -0.3 is 19.6 Å². The zero-order chi connectivity index (χ0) is 18.9. The standard InChI is InChI=1S/C19H26N2O5/c1-2-10-21(13-18(23)24)19(25)15-8-11-20(12-9-15)17(22)14-26-16-6-4-3-5-7-16/h3-7,15H,2,8-14H2,1H3,(H,23,24). The number of carbonyl (C=O) groups is 3. The summed E-state index contributed by atoms with van der Waals surface area (Å²) in [6.07, 6.45) is 1.82. The number of carboxylic acids is 1. The summed E-state index contributed by atoms with van der Waals surface area (Å²) in [6, 6.07) is 9.15. The zero-order valence-electron chi connectivity index (χ0n) is 15.1. The third-order valence-corrected chi connectivity index (χ3v) is 4.43. The maximum atomic E-state index is 12.5. The Bertz CT molecular complexity index is 612. The number of amides is 2. The second-order valence-electron chi connectivity index (χ2n) is 6.41. The van der Waals surface area contributed by atoms with Gasteiger partial charge in [-0.3, -0.25) is 14.4 Å². The number of aliphatic carboxylic acids is 1. The maximum Gasteiger partial charge on any atom is 0.323 e. The molecule has 1 N–H and O–H groups in total. The van der Waals surface area contributed by atoms with Crippen molar-refractivity contribution >= 4 is 17.8 Å². The number of carboxylic acid groups (broad SMARTS) is 1. The quantitative estimate of drug-likeness (QED) is 0.759. The van der Waals surface area contributed by atoms with Crippen LogP contribution in [0.15, 0.2) is 30.3 Å². The Labute approximate surface area is 153 Å². The third kappa shape index (κ3) is 5.75. The topological polar surface area (TPSA) is 87.2 Å². The van der Waals surface area contributed by atoms with E-state index in [1.165, 1.54) is 4.90 Å². The molecule has 0 aliphatic carbocycles. The van der Waals surface area contributed by atoms with Crippen LogP contribution in [0.2, 0.25) is 0 Å². The van der Waals surface area contributed by atoms with Gasteiger partial charge >= 0.3 is 5.97 Å². The van der Waals surface area contributed by atoms with Gasteiger partial charge in [-0.15, -0.1) is 0 Å². The molecule has 1 aromatic carbocycles. The molecule has 7 nitrogen and oxygen atoms in total.